The van der Waals surface area contributed by atoms with E-state index in [0.29, 0.717) is 5.71 Å². The highest BCUT2D eigenvalue weighted by molar-refractivity contribution is 6.10. The summed E-state index contributed by atoms with van der Waals surface area (Å²) < 4.78 is 0. The summed E-state index contributed by atoms with van der Waals surface area (Å²) in [6.45, 7) is 0. The van der Waals surface area contributed by atoms with Crippen LogP contribution in [-0.4, -0.2) is 17.0 Å². The number of nitrogens with zero attached hydrogens (tertiary/aromatic N) is 2. The molecule has 0 bridgehead atoms. The first kappa shape index (κ1) is 13.7. The Balaban J connectivity index is 1.90. The maximum atomic E-state index is 11.0. The van der Waals surface area contributed by atoms with Gasteiger partial charge >= 0.3 is 0 Å². The topological polar surface area (TPSA) is 35.8 Å². The summed E-state index contributed by atoms with van der Waals surface area (Å²) in [4.78, 5) is 6.62. The second-order valence-electron chi connectivity index (χ2n) is 5.43. The molecule has 3 nitrogen and oxygen atoms in total. The maximum absolute atomic E-state index is 11.0. The van der Waals surface area contributed by atoms with Gasteiger partial charge in [0.2, 0.25) is 0 Å². The van der Waals surface area contributed by atoms with Crippen molar-refractivity contribution in [3.05, 3.63) is 90.5 Å². The lowest BCUT2D eigenvalue weighted by atomic mass is 10.0. The van der Waals surface area contributed by atoms with Crippen molar-refractivity contribution in [2.75, 3.05) is 4.90 Å². The lowest BCUT2D eigenvalue weighted by Gasteiger charge is -2.35. The van der Waals surface area contributed by atoms with E-state index in [0.717, 1.165) is 22.6 Å². The number of fused-ring (bicyclic) bond motifs is 1. The van der Waals surface area contributed by atoms with Gasteiger partial charge in [-0.3, -0.25) is 0 Å². The molecular formula is C20H16N2O. The molecule has 0 saturated heterocycles. The van der Waals surface area contributed by atoms with Crippen molar-refractivity contribution >= 4 is 22.8 Å². The van der Waals surface area contributed by atoms with E-state index in [1.807, 2.05) is 89.8 Å². The van der Waals surface area contributed by atoms with Crippen LogP contribution in [-0.2, 0) is 0 Å². The Morgan fingerprint density at radius 3 is 2.09 bits per heavy atom. The third kappa shape index (κ3) is 2.41. The molecule has 112 valence electrons. The molecule has 3 aromatic carbocycles. The van der Waals surface area contributed by atoms with Gasteiger partial charge in [-0.15, -0.1) is 0 Å². The summed E-state index contributed by atoms with van der Waals surface area (Å²) in [5.41, 5.74) is 4.30. The van der Waals surface area contributed by atoms with E-state index in [9.17, 15) is 5.11 Å². The van der Waals surface area contributed by atoms with Gasteiger partial charge in [-0.2, -0.15) is 0 Å². The number of hydrogen-bond donors (Lipinski definition) is 1. The maximum Gasteiger partial charge on any atom is 0.175 e. The number of para-hydroxylation sites is 3. The predicted octanol–water partition coefficient (Wildman–Crippen LogP) is 4.28. The van der Waals surface area contributed by atoms with Gasteiger partial charge in [0.25, 0.3) is 0 Å². The zero-order valence-corrected chi connectivity index (χ0v) is 12.5. The van der Waals surface area contributed by atoms with E-state index >= 15 is 0 Å². The third-order valence-corrected chi connectivity index (χ3v) is 3.98. The van der Waals surface area contributed by atoms with Crippen LogP contribution in [0.5, 0.6) is 0 Å². The molecule has 0 aromatic heterocycles. The smallest absolute Gasteiger partial charge is 0.175 e. The second kappa shape index (κ2) is 5.71. The van der Waals surface area contributed by atoms with Gasteiger partial charge in [0.05, 0.1) is 17.1 Å². The molecule has 0 saturated carbocycles. The zero-order valence-electron chi connectivity index (χ0n) is 12.5. The van der Waals surface area contributed by atoms with Gasteiger partial charge in [-0.05, 0) is 24.3 Å². The Kier molecular flexibility index (Phi) is 3.41. The first-order valence-electron chi connectivity index (χ1n) is 7.60. The van der Waals surface area contributed by atoms with Crippen LogP contribution in [0.2, 0.25) is 0 Å². The van der Waals surface area contributed by atoms with Crippen LogP contribution in [0, 0.1) is 0 Å². The minimum absolute atomic E-state index is 0.660. The van der Waals surface area contributed by atoms with Gasteiger partial charge in [-0.25, -0.2) is 4.99 Å². The molecule has 4 rings (SSSR count). The van der Waals surface area contributed by atoms with Crippen molar-refractivity contribution in [2.45, 2.75) is 6.23 Å². The number of benzene rings is 3. The highest BCUT2D eigenvalue weighted by Gasteiger charge is 2.30. The average molecular weight is 300 g/mol. The molecule has 0 radical (unpaired) electrons. The molecule has 0 spiro atoms. The Labute approximate surface area is 135 Å². The minimum Gasteiger partial charge on any atom is -0.368 e. The normalized spacial score (nSPS) is 16.7. The van der Waals surface area contributed by atoms with Gasteiger partial charge in [-0.1, -0.05) is 60.7 Å². The molecule has 0 fully saturated rings. The first-order chi connectivity index (χ1) is 11.3. The van der Waals surface area contributed by atoms with E-state index in [1.54, 1.807) is 0 Å². The third-order valence-electron chi connectivity index (χ3n) is 3.98. The van der Waals surface area contributed by atoms with E-state index in [1.165, 1.54) is 0 Å². The molecule has 1 aliphatic heterocycles. The molecule has 1 N–H and O–H groups in total. The Hall–Kier alpha value is -2.91. The summed E-state index contributed by atoms with van der Waals surface area (Å²) in [6.07, 6.45) is -0.824. The Bertz CT molecular complexity index is 844. The van der Waals surface area contributed by atoms with Gasteiger partial charge in [0, 0.05) is 11.3 Å². The van der Waals surface area contributed by atoms with Gasteiger partial charge < -0.3 is 10.0 Å². The molecule has 0 aliphatic carbocycles. The number of hydrogen-bond acceptors (Lipinski definition) is 3. The number of aliphatic imine (C=N–C) groups is 1. The summed E-state index contributed by atoms with van der Waals surface area (Å²) in [5, 5.41) is 11.0. The fourth-order valence-corrected chi connectivity index (χ4v) is 2.90. The molecular weight excluding hydrogens is 284 g/mol. The average Bonchev–Trinajstić information content (AvgIpc) is 2.63. The van der Waals surface area contributed by atoms with Crippen LogP contribution in [0.1, 0.15) is 5.56 Å². The summed E-state index contributed by atoms with van der Waals surface area (Å²) in [6, 6.07) is 27.6. The fourth-order valence-electron chi connectivity index (χ4n) is 2.90. The predicted molar refractivity (Wildman–Crippen MR) is 93.7 cm³/mol. The van der Waals surface area contributed by atoms with Crippen LogP contribution in [0.3, 0.4) is 0 Å². The van der Waals surface area contributed by atoms with Crippen LogP contribution in [0.25, 0.3) is 0 Å². The first-order valence-corrected chi connectivity index (χ1v) is 7.60. The highest BCUT2D eigenvalue weighted by atomic mass is 16.3. The summed E-state index contributed by atoms with van der Waals surface area (Å²) in [5.74, 6) is 0. The minimum atomic E-state index is -0.824. The van der Waals surface area contributed by atoms with Gasteiger partial charge in [0.15, 0.2) is 6.23 Å². The van der Waals surface area contributed by atoms with Crippen molar-refractivity contribution in [1.82, 2.24) is 0 Å². The molecule has 23 heavy (non-hydrogen) atoms. The van der Waals surface area contributed by atoms with Crippen molar-refractivity contribution in [2.24, 2.45) is 4.99 Å². The fraction of sp³-hybridized carbons (Fsp3) is 0.0500. The van der Waals surface area contributed by atoms with Crippen molar-refractivity contribution in [3.63, 3.8) is 0 Å². The monoisotopic (exact) mass is 300 g/mol. The number of aliphatic hydroxyl groups excluding tert-OH is 1. The zero-order chi connectivity index (χ0) is 15.6. The SMILES string of the molecule is OC1C(c2ccccc2)=Nc2ccccc2N1c1ccccc1. The molecule has 3 aromatic rings. The van der Waals surface area contributed by atoms with Crippen molar-refractivity contribution in [1.29, 1.82) is 0 Å². The highest BCUT2D eigenvalue weighted by Crippen LogP contribution is 2.39. The molecule has 1 aliphatic rings. The van der Waals surface area contributed by atoms with Crippen LogP contribution in [0.15, 0.2) is 89.9 Å². The lowest BCUT2D eigenvalue weighted by Crippen LogP contribution is -2.40. The number of aliphatic hydroxyl groups is 1. The number of rotatable bonds is 2. The van der Waals surface area contributed by atoms with E-state index < -0.39 is 6.23 Å². The van der Waals surface area contributed by atoms with E-state index in [2.05, 4.69) is 0 Å². The lowest BCUT2D eigenvalue weighted by molar-refractivity contribution is 0.247. The molecule has 1 atom stereocenters. The second-order valence-corrected chi connectivity index (χ2v) is 5.43. The van der Waals surface area contributed by atoms with E-state index in [-0.39, 0.29) is 0 Å². The van der Waals surface area contributed by atoms with Crippen LogP contribution >= 0.6 is 0 Å². The summed E-state index contributed by atoms with van der Waals surface area (Å²) >= 11 is 0. The van der Waals surface area contributed by atoms with E-state index in [4.69, 9.17) is 4.99 Å². The molecule has 3 heteroatoms. The largest absolute Gasteiger partial charge is 0.368 e. The van der Waals surface area contributed by atoms with Crippen molar-refractivity contribution < 1.29 is 5.11 Å². The number of anilines is 2. The Morgan fingerprint density at radius 1 is 0.739 bits per heavy atom. The summed E-state index contributed by atoms with van der Waals surface area (Å²) in [7, 11) is 0. The quantitative estimate of drug-likeness (QED) is 0.767. The van der Waals surface area contributed by atoms with Gasteiger partial charge in [0.1, 0.15) is 0 Å². The molecule has 0 amide bonds. The standard InChI is InChI=1S/C20H16N2O/c23-20-19(15-9-3-1-4-10-15)21-17-13-7-8-14-18(17)22(20)16-11-5-2-6-12-16/h1-14,20,23H. The van der Waals surface area contributed by atoms with Crippen molar-refractivity contribution in [3.8, 4) is 0 Å². The van der Waals surface area contributed by atoms with Crippen LogP contribution in [0.4, 0.5) is 17.1 Å². The Morgan fingerprint density at radius 2 is 1.35 bits per heavy atom. The van der Waals surface area contributed by atoms with Crippen LogP contribution < -0.4 is 4.90 Å². The molecule has 1 unspecified atom stereocenters. The molecule has 1 heterocycles.